The second kappa shape index (κ2) is 15.8. The number of terminal acetylenes is 1. The van der Waals surface area contributed by atoms with Crippen molar-refractivity contribution in [2.75, 3.05) is 19.6 Å². The molecule has 0 spiro atoms. The molecule has 2 fully saturated rings. The van der Waals surface area contributed by atoms with E-state index in [-0.39, 0.29) is 79.1 Å². The average Bonchev–Trinajstić information content (AvgIpc) is 3.68. The van der Waals surface area contributed by atoms with Gasteiger partial charge in [0.05, 0.1) is 23.6 Å². The fraction of sp³-hybridized carbons (Fsp3) is 0.475. The zero-order valence-electron chi connectivity index (χ0n) is 30.6. The predicted molar refractivity (Wildman–Crippen MR) is 188 cm³/mol. The summed E-state index contributed by atoms with van der Waals surface area (Å²) in [7, 11) is 0. The number of carboxylic acids is 1. The van der Waals surface area contributed by atoms with Gasteiger partial charge in [-0.2, -0.15) is 13.2 Å². The number of amides is 1. The fourth-order valence-electron chi connectivity index (χ4n) is 7.63. The number of aromatic nitrogens is 1. The van der Waals surface area contributed by atoms with Crippen molar-refractivity contribution in [3.8, 4) is 23.5 Å². The van der Waals surface area contributed by atoms with Gasteiger partial charge >= 0.3 is 12.1 Å². The summed E-state index contributed by atoms with van der Waals surface area (Å²) < 4.78 is 118. The van der Waals surface area contributed by atoms with Gasteiger partial charge in [-0.05, 0) is 98.5 Å². The lowest BCUT2D eigenvalue weighted by atomic mass is 9.87. The van der Waals surface area contributed by atoms with E-state index in [9.17, 15) is 45.8 Å². The molecule has 3 atom stereocenters. The third-order valence-electron chi connectivity index (χ3n) is 10.4. The maximum Gasteiger partial charge on any atom is 0.416 e. The minimum absolute atomic E-state index is 0.107. The topological polar surface area (TPSA) is 91.6 Å². The minimum Gasteiger partial charge on any atom is -0.481 e. The molecule has 1 amide bonds. The maximum atomic E-state index is 16.6. The van der Waals surface area contributed by atoms with E-state index in [1.165, 1.54) is 13.8 Å². The van der Waals surface area contributed by atoms with Crippen LogP contribution in [-0.2, 0) is 15.8 Å². The standard InChI is InChI=1S/C40H41F8N3O4/c1-6-23-14-27(34-21(4)12-26(41)13-22(34)5)37(43)35(36(23)42)30(16-33(53)54)49-38(55)31(11-20(2)3)51-19-28(29(15-32(51)52)40(46,47)48)24-7-9-50(10-8-24)18-25-17-39(25,44)45/h1,12-15,19-20,24-25,30-31H,7-11,16-18H2,2-5H3,(H,49,55)(H,53,54). The molecule has 1 saturated heterocycles. The van der Waals surface area contributed by atoms with Gasteiger partial charge in [0.25, 0.3) is 11.5 Å². The molecule has 15 heteroatoms. The first-order chi connectivity index (χ1) is 25.6. The van der Waals surface area contributed by atoms with Crippen LogP contribution in [0, 0.1) is 55.5 Å². The molecule has 296 valence electrons. The number of rotatable bonds is 12. The highest BCUT2D eigenvalue weighted by atomic mass is 19.4. The Balaban J connectivity index is 1.56. The molecule has 55 heavy (non-hydrogen) atoms. The first kappa shape index (κ1) is 41.5. The molecule has 3 unspecified atom stereocenters. The van der Waals surface area contributed by atoms with Crippen molar-refractivity contribution in [3.05, 3.63) is 91.6 Å². The molecule has 0 bridgehead atoms. The highest BCUT2D eigenvalue weighted by molar-refractivity contribution is 5.82. The van der Waals surface area contributed by atoms with Crippen LogP contribution in [0.3, 0.4) is 0 Å². The van der Waals surface area contributed by atoms with Gasteiger partial charge in [0, 0.05) is 42.3 Å². The highest BCUT2D eigenvalue weighted by Crippen LogP contribution is 2.49. The van der Waals surface area contributed by atoms with Gasteiger partial charge in [0.15, 0.2) is 0 Å². The number of carbonyl (C=O) groups excluding carboxylic acids is 1. The zero-order valence-corrected chi connectivity index (χ0v) is 30.6. The number of halogens is 8. The number of alkyl halides is 5. The van der Waals surface area contributed by atoms with Crippen LogP contribution in [-0.4, -0.2) is 52.0 Å². The van der Waals surface area contributed by atoms with E-state index < -0.39 is 94.0 Å². The van der Waals surface area contributed by atoms with E-state index in [0.29, 0.717) is 6.07 Å². The number of hydrogen-bond acceptors (Lipinski definition) is 4. The number of carboxylic acid groups (broad SMARTS) is 1. The third-order valence-corrected chi connectivity index (χ3v) is 10.4. The molecule has 7 nitrogen and oxygen atoms in total. The van der Waals surface area contributed by atoms with Gasteiger partial charge in [0.2, 0.25) is 5.91 Å². The number of aryl methyl sites for hydroxylation is 2. The number of hydrogen-bond donors (Lipinski definition) is 2. The van der Waals surface area contributed by atoms with E-state index in [0.717, 1.165) is 29.0 Å². The van der Waals surface area contributed by atoms with Crippen molar-refractivity contribution in [1.29, 1.82) is 0 Å². The largest absolute Gasteiger partial charge is 0.481 e. The van der Waals surface area contributed by atoms with E-state index in [1.54, 1.807) is 18.7 Å². The number of piperidine rings is 1. The highest BCUT2D eigenvalue weighted by Gasteiger charge is 2.57. The van der Waals surface area contributed by atoms with Gasteiger partial charge in [-0.3, -0.25) is 14.4 Å². The second-order valence-electron chi connectivity index (χ2n) is 15.0. The zero-order chi connectivity index (χ0) is 40.7. The Morgan fingerprint density at radius 3 is 2.15 bits per heavy atom. The first-order valence-electron chi connectivity index (χ1n) is 17.8. The average molecular weight is 780 g/mol. The van der Waals surface area contributed by atoms with Crippen molar-refractivity contribution < 1.29 is 49.8 Å². The summed E-state index contributed by atoms with van der Waals surface area (Å²) in [6, 6.07) is 0.129. The smallest absolute Gasteiger partial charge is 0.416 e. The molecule has 0 radical (unpaired) electrons. The Bertz CT molecular complexity index is 2060. The molecule has 2 aromatic carbocycles. The van der Waals surface area contributed by atoms with Gasteiger partial charge in [-0.25, -0.2) is 22.0 Å². The van der Waals surface area contributed by atoms with Crippen molar-refractivity contribution in [1.82, 2.24) is 14.8 Å². The van der Waals surface area contributed by atoms with Crippen LogP contribution < -0.4 is 10.9 Å². The number of pyridine rings is 1. The lowest BCUT2D eigenvalue weighted by molar-refractivity contribution is -0.139. The van der Waals surface area contributed by atoms with Crippen molar-refractivity contribution in [3.63, 3.8) is 0 Å². The number of likely N-dealkylation sites (tertiary alicyclic amines) is 1. The quantitative estimate of drug-likeness (QED) is 0.143. The number of nitrogens with one attached hydrogen (secondary N) is 1. The lowest BCUT2D eigenvalue weighted by Crippen LogP contribution is -2.41. The van der Waals surface area contributed by atoms with Crippen LogP contribution in [0.4, 0.5) is 35.1 Å². The van der Waals surface area contributed by atoms with Crippen molar-refractivity contribution in [2.24, 2.45) is 11.8 Å². The van der Waals surface area contributed by atoms with Gasteiger partial charge in [-0.15, -0.1) is 6.42 Å². The molecule has 1 saturated carbocycles. The summed E-state index contributed by atoms with van der Waals surface area (Å²) >= 11 is 0. The minimum atomic E-state index is -4.96. The lowest BCUT2D eigenvalue weighted by Gasteiger charge is -2.34. The van der Waals surface area contributed by atoms with Crippen LogP contribution in [0.1, 0.15) is 97.3 Å². The molecule has 1 aromatic heterocycles. The molecule has 2 aliphatic rings. The molecular weight excluding hydrogens is 738 g/mol. The monoisotopic (exact) mass is 779 g/mol. The summed E-state index contributed by atoms with van der Waals surface area (Å²) in [6.45, 7) is 6.85. The van der Waals surface area contributed by atoms with Gasteiger partial charge < -0.3 is 19.9 Å². The Hall–Kier alpha value is -4.71. The predicted octanol–water partition coefficient (Wildman–Crippen LogP) is 8.30. The van der Waals surface area contributed by atoms with Crippen LogP contribution in [0.15, 0.2) is 35.3 Å². The van der Waals surface area contributed by atoms with E-state index in [4.69, 9.17) is 6.42 Å². The summed E-state index contributed by atoms with van der Waals surface area (Å²) in [6.07, 6.45) is 0.387. The summed E-state index contributed by atoms with van der Waals surface area (Å²) in [5, 5.41) is 12.2. The van der Waals surface area contributed by atoms with Crippen LogP contribution in [0.2, 0.25) is 0 Å². The van der Waals surface area contributed by atoms with Crippen LogP contribution in [0.5, 0.6) is 0 Å². The SMILES string of the molecule is C#Cc1cc(-c2c(C)cc(F)cc2C)c(F)c(C(CC(=O)O)NC(=O)C(CC(C)C)n2cc(C3CCN(CC4CC4(F)F)CC3)c(C(F)(F)F)cc2=O)c1F. The summed E-state index contributed by atoms with van der Waals surface area (Å²) in [4.78, 5) is 41.5. The molecule has 2 N–H and O–H groups in total. The molecule has 1 aliphatic heterocycles. The van der Waals surface area contributed by atoms with E-state index in [1.807, 2.05) is 0 Å². The Kier molecular flexibility index (Phi) is 11.9. The molecule has 2 heterocycles. The second-order valence-corrected chi connectivity index (χ2v) is 15.0. The van der Waals surface area contributed by atoms with Crippen molar-refractivity contribution >= 4 is 11.9 Å². The van der Waals surface area contributed by atoms with Gasteiger partial charge in [-0.1, -0.05) is 19.8 Å². The number of nitrogens with zero attached hydrogens (tertiary/aromatic N) is 2. The Labute approximate surface area is 312 Å². The van der Waals surface area contributed by atoms with Crippen LogP contribution >= 0.6 is 0 Å². The molecular formula is C40H41F8N3O4. The third kappa shape index (κ3) is 9.06. The van der Waals surface area contributed by atoms with E-state index in [2.05, 4.69) is 11.2 Å². The Morgan fingerprint density at radius 1 is 1.04 bits per heavy atom. The molecule has 1 aliphatic carbocycles. The first-order valence-corrected chi connectivity index (χ1v) is 17.8. The van der Waals surface area contributed by atoms with Crippen molar-refractivity contribution in [2.45, 2.75) is 89.9 Å². The van der Waals surface area contributed by atoms with E-state index >= 15 is 8.78 Å². The fourth-order valence-corrected chi connectivity index (χ4v) is 7.63. The maximum absolute atomic E-state index is 16.6. The summed E-state index contributed by atoms with van der Waals surface area (Å²) in [5.74, 6) is -8.55. The number of benzene rings is 2. The van der Waals surface area contributed by atoms with Crippen LogP contribution in [0.25, 0.3) is 11.1 Å². The molecule has 5 rings (SSSR count). The summed E-state index contributed by atoms with van der Waals surface area (Å²) in [5.41, 5.74) is -3.72. The van der Waals surface area contributed by atoms with Gasteiger partial charge in [0.1, 0.15) is 23.5 Å². The Morgan fingerprint density at radius 2 is 1.64 bits per heavy atom. The number of aliphatic carboxylic acids is 1. The molecule has 3 aromatic rings. The number of carbonyl (C=O) groups is 2. The normalized spacial score (nSPS) is 18.5.